The topological polar surface area (TPSA) is 26.3 Å². The smallest absolute Gasteiger partial charge is 0.338 e. The molecule has 3 fully saturated rings. The van der Waals surface area contributed by atoms with Gasteiger partial charge in [-0.3, -0.25) is 0 Å². The van der Waals surface area contributed by atoms with Crippen LogP contribution in [0, 0.1) is 23.7 Å². The third-order valence-electron chi connectivity index (χ3n) is 5.12. The van der Waals surface area contributed by atoms with E-state index in [4.69, 9.17) is 4.74 Å². The third-order valence-corrected chi connectivity index (χ3v) is 5.12. The zero-order chi connectivity index (χ0) is 12.1. The maximum atomic E-state index is 12.0. The summed E-state index contributed by atoms with van der Waals surface area (Å²) >= 11 is 0. The van der Waals surface area contributed by atoms with Crippen LogP contribution in [-0.4, -0.2) is 12.1 Å². The summed E-state index contributed by atoms with van der Waals surface area (Å²) in [6.07, 6.45) is 5.24. The SMILES string of the molecule is O=C(OC1CC2C[C@@H](C1)[C@H]1C[C@@H]21)c1ccccc1. The molecule has 0 N–H and O–H groups in total. The minimum atomic E-state index is -0.143. The van der Waals surface area contributed by atoms with Crippen molar-refractivity contribution in [2.24, 2.45) is 23.7 Å². The standard InChI is InChI=1S/C16H18O2/c17-16(10-4-2-1-3-5-10)18-13-7-11-6-12(8-13)15-9-14(11)15/h1-5,11-15H,6-9H2/t11-,12?,13?,14+,15-/m0/s1. The number of hydrogen-bond acceptors (Lipinski definition) is 2. The molecule has 1 aromatic carbocycles. The van der Waals surface area contributed by atoms with E-state index in [-0.39, 0.29) is 12.1 Å². The summed E-state index contributed by atoms with van der Waals surface area (Å²) in [7, 11) is 0. The fourth-order valence-electron chi connectivity index (χ4n) is 4.26. The van der Waals surface area contributed by atoms with Crippen LogP contribution < -0.4 is 0 Å². The second-order valence-electron chi connectivity index (χ2n) is 6.18. The van der Waals surface area contributed by atoms with Gasteiger partial charge in [-0.05, 0) is 61.5 Å². The van der Waals surface area contributed by atoms with Crippen LogP contribution in [0.4, 0.5) is 0 Å². The number of ether oxygens (including phenoxy) is 1. The van der Waals surface area contributed by atoms with Gasteiger partial charge in [0, 0.05) is 0 Å². The Labute approximate surface area is 107 Å². The van der Waals surface area contributed by atoms with E-state index in [1.807, 2.05) is 30.3 Å². The van der Waals surface area contributed by atoms with Crippen molar-refractivity contribution in [3.05, 3.63) is 35.9 Å². The van der Waals surface area contributed by atoms with Crippen LogP contribution in [0.25, 0.3) is 0 Å². The van der Waals surface area contributed by atoms with Crippen molar-refractivity contribution in [2.75, 3.05) is 0 Å². The molecule has 94 valence electrons. The van der Waals surface area contributed by atoms with E-state index >= 15 is 0 Å². The van der Waals surface area contributed by atoms with Crippen LogP contribution in [-0.2, 0) is 4.74 Å². The number of benzene rings is 1. The van der Waals surface area contributed by atoms with Gasteiger partial charge in [0.25, 0.3) is 0 Å². The van der Waals surface area contributed by atoms with Gasteiger partial charge in [-0.15, -0.1) is 0 Å². The largest absolute Gasteiger partial charge is 0.459 e. The van der Waals surface area contributed by atoms with Crippen LogP contribution in [0.5, 0.6) is 0 Å². The summed E-state index contributed by atoms with van der Waals surface area (Å²) < 4.78 is 5.69. The molecule has 0 aliphatic heterocycles. The van der Waals surface area contributed by atoms with E-state index in [0.717, 1.165) is 36.5 Å². The Hall–Kier alpha value is -1.31. The van der Waals surface area contributed by atoms with Gasteiger partial charge in [0.05, 0.1) is 5.56 Å². The summed E-state index contributed by atoms with van der Waals surface area (Å²) in [6, 6.07) is 9.35. The summed E-state index contributed by atoms with van der Waals surface area (Å²) in [5.41, 5.74) is 0.681. The van der Waals surface area contributed by atoms with Crippen LogP contribution in [0.15, 0.2) is 30.3 Å². The minimum absolute atomic E-state index is 0.143. The van der Waals surface area contributed by atoms with Crippen molar-refractivity contribution in [3.63, 3.8) is 0 Å². The number of carbonyl (C=O) groups is 1. The molecule has 2 bridgehead atoms. The van der Waals surface area contributed by atoms with Crippen LogP contribution in [0.3, 0.4) is 0 Å². The molecule has 0 amide bonds. The molecular formula is C16H18O2. The lowest BCUT2D eigenvalue weighted by atomic mass is 9.82. The Kier molecular flexibility index (Phi) is 2.26. The lowest BCUT2D eigenvalue weighted by molar-refractivity contribution is 0.00886. The molecule has 18 heavy (non-hydrogen) atoms. The number of hydrogen-bond donors (Lipinski definition) is 0. The second kappa shape index (κ2) is 3.84. The van der Waals surface area contributed by atoms with E-state index < -0.39 is 0 Å². The molecule has 2 nitrogen and oxygen atoms in total. The average molecular weight is 242 g/mol. The van der Waals surface area contributed by atoms with E-state index in [1.54, 1.807) is 0 Å². The molecule has 3 aliphatic carbocycles. The third kappa shape index (κ3) is 1.66. The van der Waals surface area contributed by atoms with Gasteiger partial charge >= 0.3 is 5.97 Å². The first-order chi connectivity index (χ1) is 8.81. The summed E-state index contributed by atoms with van der Waals surface area (Å²) in [5, 5.41) is 0. The Bertz CT molecular complexity index is 451. The maximum Gasteiger partial charge on any atom is 0.338 e. The number of fused-ring (bicyclic) bond motifs is 5. The van der Waals surface area contributed by atoms with Crippen LogP contribution in [0.2, 0.25) is 0 Å². The van der Waals surface area contributed by atoms with E-state index in [1.165, 1.54) is 12.8 Å². The van der Waals surface area contributed by atoms with Gasteiger partial charge in [0.1, 0.15) is 6.10 Å². The molecule has 0 saturated heterocycles. The molecule has 0 spiro atoms. The van der Waals surface area contributed by atoms with Crippen LogP contribution >= 0.6 is 0 Å². The van der Waals surface area contributed by atoms with Crippen molar-refractivity contribution >= 4 is 5.97 Å². The second-order valence-corrected chi connectivity index (χ2v) is 6.18. The van der Waals surface area contributed by atoms with Crippen molar-refractivity contribution in [1.29, 1.82) is 0 Å². The van der Waals surface area contributed by atoms with Gasteiger partial charge in [-0.25, -0.2) is 4.79 Å². The highest BCUT2D eigenvalue weighted by Crippen LogP contribution is 2.63. The fourth-order valence-corrected chi connectivity index (χ4v) is 4.26. The first kappa shape index (κ1) is 10.6. The van der Waals surface area contributed by atoms with Gasteiger partial charge in [-0.1, -0.05) is 18.2 Å². The molecule has 2 heteroatoms. The van der Waals surface area contributed by atoms with Crippen molar-refractivity contribution in [1.82, 2.24) is 0 Å². The van der Waals surface area contributed by atoms with E-state index in [2.05, 4.69) is 0 Å². The molecule has 0 aromatic heterocycles. The number of carbonyl (C=O) groups excluding carboxylic acids is 1. The highest BCUT2D eigenvalue weighted by molar-refractivity contribution is 5.89. The minimum Gasteiger partial charge on any atom is -0.459 e. The molecule has 1 aromatic rings. The molecule has 3 aliphatic rings. The zero-order valence-electron chi connectivity index (χ0n) is 10.4. The predicted octanol–water partition coefficient (Wildman–Crippen LogP) is 3.28. The zero-order valence-corrected chi connectivity index (χ0v) is 10.4. The monoisotopic (exact) mass is 242 g/mol. The predicted molar refractivity (Wildman–Crippen MR) is 68.1 cm³/mol. The Morgan fingerprint density at radius 3 is 2.28 bits per heavy atom. The molecule has 0 radical (unpaired) electrons. The molecule has 5 atom stereocenters. The highest BCUT2D eigenvalue weighted by atomic mass is 16.5. The maximum absolute atomic E-state index is 12.0. The summed E-state index contributed by atoms with van der Waals surface area (Å²) in [5.74, 6) is 3.52. The average Bonchev–Trinajstić information content (AvgIpc) is 3.15. The quantitative estimate of drug-likeness (QED) is 0.744. The van der Waals surface area contributed by atoms with E-state index in [0.29, 0.717) is 5.56 Å². The Morgan fingerprint density at radius 2 is 1.61 bits per heavy atom. The van der Waals surface area contributed by atoms with Gasteiger partial charge in [0.15, 0.2) is 0 Å². The molecule has 3 saturated carbocycles. The number of rotatable bonds is 2. The van der Waals surface area contributed by atoms with Gasteiger partial charge in [0.2, 0.25) is 0 Å². The number of esters is 1. The van der Waals surface area contributed by atoms with Crippen molar-refractivity contribution < 1.29 is 9.53 Å². The van der Waals surface area contributed by atoms with Gasteiger partial charge < -0.3 is 4.74 Å². The van der Waals surface area contributed by atoms with Crippen molar-refractivity contribution in [3.8, 4) is 0 Å². The molecule has 2 unspecified atom stereocenters. The lowest BCUT2D eigenvalue weighted by Crippen LogP contribution is -2.28. The molecular weight excluding hydrogens is 224 g/mol. The lowest BCUT2D eigenvalue weighted by Gasteiger charge is -2.30. The summed E-state index contributed by atoms with van der Waals surface area (Å²) in [4.78, 5) is 12.0. The van der Waals surface area contributed by atoms with Gasteiger partial charge in [-0.2, -0.15) is 0 Å². The van der Waals surface area contributed by atoms with Crippen molar-refractivity contribution in [2.45, 2.75) is 31.8 Å². The molecule has 0 heterocycles. The first-order valence-electron chi connectivity index (χ1n) is 7.07. The Morgan fingerprint density at radius 1 is 0.944 bits per heavy atom. The summed E-state index contributed by atoms with van der Waals surface area (Å²) in [6.45, 7) is 0. The van der Waals surface area contributed by atoms with Crippen LogP contribution in [0.1, 0.15) is 36.0 Å². The normalized spacial score (nSPS) is 40.1. The fraction of sp³-hybridized carbons (Fsp3) is 0.562. The highest BCUT2D eigenvalue weighted by Gasteiger charge is 2.57. The first-order valence-corrected chi connectivity index (χ1v) is 7.07. The molecule has 4 rings (SSSR count). The Balaban J connectivity index is 1.42. The van der Waals surface area contributed by atoms with E-state index in [9.17, 15) is 4.79 Å².